The van der Waals surface area contributed by atoms with Crippen LogP contribution in [0, 0.1) is 6.92 Å². The van der Waals surface area contributed by atoms with Crippen molar-refractivity contribution in [3.63, 3.8) is 0 Å². The highest BCUT2D eigenvalue weighted by molar-refractivity contribution is 5.40. The lowest BCUT2D eigenvalue weighted by atomic mass is 10.4. The van der Waals surface area contributed by atoms with Gasteiger partial charge in [-0.15, -0.1) is 0 Å². The number of hydrogen-bond donors (Lipinski definition) is 3. The molecule has 0 aliphatic rings. The normalized spacial score (nSPS) is 10.4. The predicted octanol–water partition coefficient (Wildman–Crippen LogP) is 0.768. The number of anilines is 3. The van der Waals surface area contributed by atoms with Crippen molar-refractivity contribution in [2.45, 2.75) is 13.5 Å². The monoisotopic (exact) mass is 247 g/mol. The van der Waals surface area contributed by atoms with E-state index < -0.39 is 0 Å². The first-order valence-corrected chi connectivity index (χ1v) is 5.62. The number of rotatable bonds is 4. The van der Waals surface area contributed by atoms with Crippen molar-refractivity contribution in [3.05, 3.63) is 23.5 Å². The van der Waals surface area contributed by atoms with Gasteiger partial charge in [0.05, 0.1) is 6.54 Å². The Morgan fingerprint density at radius 1 is 1.28 bits per heavy atom. The zero-order valence-corrected chi connectivity index (χ0v) is 10.7. The lowest BCUT2D eigenvalue weighted by Gasteiger charge is -2.11. The lowest BCUT2D eigenvalue weighted by molar-refractivity contribution is 0.942. The second kappa shape index (κ2) is 4.91. The van der Waals surface area contributed by atoms with E-state index in [2.05, 4.69) is 25.3 Å². The molecule has 0 aliphatic heterocycles. The minimum atomic E-state index is 0.207. The molecule has 7 heteroatoms. The highest BCUT2D eigenvalue weighted by Crippen LogP contribution is 2.10. The highest BCUT2D eigenvalue weighted by Gasteiger charge is 2.06. The van der Waals surface area contributed by atoms with Gasteiger partial charge >= 0.3 is 0 Å². The Morgan fingerprint density at radius 2 is 2.06 bits per heavy atom. The minimum absolute atomic E-state index is 0.207. The average Bonchev–Trinajstić information content (AvgIpc) is 2.72. The summed E-state index contributed by atoms with van der Waals surface area (Å²) in [5.74, 6) is 1.21. The molecule has 96 valence electrons. The summed E-state index contributed by atoms with van der Waals surface area (Å²) in [5, 5.41) is 3.11. The molecule has 0 atom stereocenters. The first-order chi connectivity index (χ1) is 8.54. The molecule has 0 fully saturated rings. The number of aromatic nitrogens is 4. The minimum Gasteiger partial charge on any atom is -0.368 e. The molecule has 2 aromatic rings. The van der Waals surface area contributed by atoms with E-state index in [1.807, 2.05) is 33.2 Å². The van der Waals surface area contributed by atoms with Gasteiger partial charge in [0, 0.05) is 25.5 Å². The van der Waals surface area contributed by atoms with Crippen LogP contribution in [0.2, 0.25) is 0 Å². The number of H-pyrrole nitrogens is 1. The summed E-state index contributed by atoms with van der Waals surface area (Å²) in [6.07, 6.45) is 0. The molecule has 0 amide bonds. The lowest BCUT2D eigenvalue weighted by Crippen LogP contribution is -2.16. The zero-order chi connectivity index (χ0) is 13.1. The van der Waals surface area contributed by atoms with Gasteiger partial charge in [-0.2, -0.15) is 15.0 Å². The van der Waals surface area contributed by atoms with Crippen LogP contribution in [-0.2, 0) is 6.54 Å². The maximum Gasteiger partial charge on any atom is 0.231 e. The largest absolute Gasteiger partial charge is 0.368 e. The first kappa shape index (κ1) is 12.2. The number of hydrogen-bond acceptors (Lipinski definition) is 6. The molecule has 0 bridgehead atoms. The van der Waals surface area contributed by atoms with Crippen LogP contribution in [0.3, 0.4) is 0 Å². The van der Waals surface area contributed by atoms with Crippen molar-refractivity contribution >= 4 is 17.8 Å². The summed E-state index contributed by atoms with van der Waals surface area (Å²) in [6.45, 7) is 2.62. The standard InChI is InChI=1S/C11H17N7/c1-7-4-5-8(14-7)6-13-10-15-9(12)16-11(17-10)18(2)3/h4-5,14H,6H2,1-3H3,(H3,12,13,15,16,17). The molecule has 0 saturated carbocycles. The Hall–Kier alpha value is -2.31. The Morgan fingerprint density at radius 3 is 2.67 bits per heavy atom. The van der Waals surface area contributed by atoms with E-state index in [9.17, 15) is 0 Å². The number of aromatic amines is 1. The molecular formula is C11H17N7. The molecule has 2 heterocycles. The Balaban J connectivity index is 2.09. The second-order valence-corrected chi connectivity index (χ2v) is 4.23. The third-order valence-electron chi connectivity index (χ3n) is 2.37. The van der Waals surface area contributed by atoms with Crippen molar-refractivity contribution in [2.75, 3.05) is 30.0 Å². The molecule has 7 nitrogen and oxygen atoms in total. The number of nitrogens with one attached hydrogen (secondary N) is 2. The zero-order valence-electron chi connectivity index (χ0n) is 10.7. The van der Waals surface area contributed by atoms with Crippen LogP contribution < -0.4 is 16.0 Å². The van der Waals surface area contributed by atoms with Gasteiger partial charge in [-0.05, 0) is 19.1 Å². The molecule has 0 spiro atoms. The van der Waals surface area contributed by atoms with Crippen LogP contribution in [-0.4, -0.2) is 34.0 Å². The molecular weight excluding hydrogens is 230 g/mol. The van der Waals surface area contributed by atoms with E-state index in [4.69, 9.17) is 5.73 Å². The molecule has 0 aromatic carbocycles. The Bertz CT molecular complexity index is 532. The second-order valence-electron chi connectivity index (χ2n) is 4.23. The molecule has 2 aromatic heterocycles. The van der Waals surface area contributed by atoms with Crippen molar-refractivity contribution in [3.8, 4) is 0 Å². The summed E-state index contributed by atoms with van der Waals surface area (Å²) >= 11 is 0. The van der Waals surface area contributed by atoms with Gasteiger partial charge in [0.25, 0.3) is 0 Å². The molecule has 0 saturated heterocycles. The van der Waals surface area contributed by atoms with Crippen molar-refractivity contribution < 1.29 is 0 Å². The summed E-state index contributed by atoms with van der Waals surface area (Å²) < 4.78 is 0. The quantitative estimate of drug-likeness (QED) is 0.738. The topological polar surface area (TPSA) is 95.8 Å². The number of nitrogens with two attached hydrogens (primary N) is 1. The van der Waals surface area contributed by atoms with Gasteiger partial charge < -0.3 is 20.9 Å². The summed E-state index contributed by atoms with van der Waals surface area (Å²) in [7, 11) is 3.71. The van der Waals surface area contributed by atoms with E-state index in [-0.39, 0.29) is 5.95 Å². The Kier molecular flexibility index (Phi) is 3.31. The van der Waals surface area contributed by atoms with Crippen LogP contribution in [0.15, 0.2) is 12.1 Å². The average molecular weight is 247 g/mol. The molecule has 0 aliphatic carbocycles. The SMILES string of the molecule is Cc1ccc(CNc2nc(N)nc(N(C)C)n2)[nH]1. The van der Waals surface area contributed by atoms with E-state index in [1.54, 1.807) is 4.90 Å². The van der Waals surface area contributed by atoms with Gasteiger partial charge in [0.15, 0.2) is 0 Å². The number of nitrogen functional groups attached to an aromatic ring is 1. The van der Waals surface area contributed by atoms with Crippen LogP contribution in [0.1, 0.15) is 11.4 Å². The highest BCUT2D eigenvalue weighted by atomic mass is 15.3. The van der Waals surface area contributed by atoms with Gasteiger partial charge in [-0.3, -0.25) is 0 Å². The fraction of sp³-hybridized carbons (Fsp3) is 0.364. The van der Waals surface area contributed by atoms with E-state index in [0.29, 0.717) is 18.4 Å². The van der Waals surface area contributed by atoms with E-state index in [1.165, 1.54) is 0 Å². The van der Waals surface area contributed by atoms with Crippen molar-refractivity contribution in [1.82, 2.24) is 19.9 Å². The first-order valence-electron chi connectivity index (χ1n) is 5.62. The molecule has 18 heavy (non-hydrogen) atoms. The van der Waals surface area contributed by atoms with Gasteiger partial charge in [0.1, 0.15) is 0 Å². The fourth-order valence-electron chi connectivity index (χ4n) is 1.50. The molecule has 0 radical (unpaired) electrons. The van der Waals surface area contributed by atoms with Crippen LogP contribution >= 0.6 is 0 Å². The van der Waals surface area contributed by atoms with Crippen LogP contribution in [0.25, 0.3) is 0 Å². The van der Waals surface area contributed by atoms with Gasteiger partial charge in [-0.1, -0.05) is 0 Å². The number of aryl methyl sites for hydroxylation is 1. The summed E-state index contributed by atoms with van der Waals surface area (Å²) in [4.78, 5) is 17.3. The predicted molar refractivity (Wildman–Crippen MR) is 71.4 cm³/mol. The Labute approximate surface area is 105 Å². The smallest absolute Gasteiger partial charge is 0.231 e. The van der Waals surface area contributed by atoms with Crippen LogP contribution in [0.4, 0.5) is 17.8 Å². The van der Waals surface area contributed by atoms with Gasteiger partial charge in [-0.25, -0.2) is 0 Å². The van der Waals surface area contributed by atoms with Crippen LogP contribution in [0.5, 0.6) is 0 Å². The molecule has 0 unspecified atom stereocenters. The molecule has 4 N–H and O–H groups in total. The third kappa shape index (κ3) is 2.88. The van der Waals surface area contributed by atoms with Gasteiger partial charge in [0.2, 0.25) is 17.8 Å². The number of nitrogens with zero attached hydrogens (tertiary/aromatic N) is 4. The van der Waals surface area contributed by atoms with E-state index >= 15 is 0 Å². The van der Waals surface area contributed by atoms with E-state index in [0.717, 1.165) is 11.4 Å². The third-order valence-corrected chi connectivity index (χ3v) is 2.37. The van der Waals surface area contributed by atoms with Crippen molar-refractivity contribution in [2.24, 2.45) is 0 Å². The fourth-order valence-corrected chi connectivity index (χ4v) is 1.50. The maximum atomic E-state index is 5.63. The maximum absolute atomic E-state index is 5.63. The summed E-state index contributed by atoms with van der Waals surface area (Å²) in [6, 6.07) is 4.03. The molecule has 2 rings (SSSR count). The van der Waals surface area contributed by atoms with Crippen molar-refractivity contribution in [1.29, 1.82) is 0 Å². The summed E-state index contributed by atoms with van der Waals surface area (Å²) in [5.41, 5.74) is 7.82.